The molecular weight excluding hydrogens is 162 g/mol. The quantitative estimate of drug-likeness (QED) is 0.660. The summed E-state index contributed by atoms with van der Waals surface area (Å²) in [5, 5.41) is 8.54. The Bertz CT molecular complexity index is 299. The molecule has 1 aromatic rings. The molecule has 0 saturated heterocycles. The van der Waals surface area contributed by atoms with Crippen molar-refractivity contribution in [2.75, 3.05) is 7.11 Å². The molecule has 0 N–H and O–H groups in total. The molecule has 0 aliphatic carbocycles. The Hall–Kier alpha value is -1.49. The van der Waals surface area contributed by atoms with Gasteiger partial charge in [0.1, 0.15) is 5.75 Å². The first kappa shape index (κ1) is 11.5. The summed E-state index contributed by atoms with van der Waals surface area (Å²) in [5.41, 5.74) is 1.68. The molecule has 0 unspecified atom stereocenters. The second kappa shape index (κ2) is 6.07. The zero-order valence-electron chi connectivity index (χ0n) is 8.59. The Morgan fingerprint density at radius 3 is 2.38 bits per heavy atom. The molecule has 2 nitrogen and oxygen atoms in total. The lowest BCUT2D eigenvalue weighted by Crippen LogP contribution is -1.87. The van der Waals surface area contributed by atoms with Crippen LogP contribution in [0, 0.1) is 18.3 Å². The summed E-state index contributed by atoms with van der Waals surface area (Å²) in [6.07, 6.45) is 0. The highest BCUT2D eigenvalue weighted by molar-refractivity contribution is 5.41. The summed E-state index contributed by atoms with van der Waals surface area (Å²) in [4.78, 5) is 0. The third kappa shape index (κ3) is 3.16. The third-order valence-electron chi connectivity index (χ3n) is 1.54. The van der Waals surface area contributed by atoms with Crippen molar-refractivity contribution in [2.45, 2.75) is 20.8 Å². The maximum atomic E-state index is 8.54. The minimum Gasteiger partial charge on any atom is -0.496 e. The predicted molar refractivity (Wildman–Crippen MR) is 53.8 cm³/mol. The summed E-state index contributed by atoms with van der Waals surface area (Å²) < 4.78 is 5.04. The molecule has 0 aromatic heterocycles. The summed E-state index contributed by atoms with van der Waals surface area (Å²) in [5.74, 6) is 0.768. The number of hydrogen-bond acceptors (Lipinski definition) is 2. The predicted octanol–water partition coefficient (Wildman–Crippen LogP) is 2.90. The summed E-state index contributed by atoms with van der Waals surface area (Å²) in [6, 6.07) is 7.43. The van der Waals surface area contributed by atoms with Gasteiger partial charge in [0.25, 0.3) is 0 Å². The van der Waals surface area contributed by atoms with E-state index in [0.29, 0.717) is 5.56 Å². The minimum atomic E-state index is 0.632. The number of hydrogen-bond donors (Lipinski definition) is 0. The smallest absolute Gasteiger partial charge is 0.123 e. The van der Waals surface area contributed by atoms with Gasteiger partial charge < -0.3 is 4.74 Å². The third-order valence-corrected chi connectivity index (χ3v) is 1.54. The van der Waals surface area contributed by atoms with Gasteiger partial charge >= 0.3 is 0 Å². The van der Waals surface area contributed by atoms with Gasteiger partial charge in [0.15, 0.2) is 0 Å². The van der Waals surface area contributed by atoms with Crippen molar-refractivity contribution in [3.63, 3.8) is 0 Å². The molecule has 1 aromatic carbocycles. The number of benzene rings is 1. The first-order valence-corrected chi connectivity index (χ1v) is 4.32. The molecule has 0 radical (unpaired) electrons. The van der Waals surface area contributed by atoms with Gasteiger partial charge in [-0.1, -0.05) is 19.9 Å². The maximum absolute atomic E-state index is 8.54. The van der Waals surface area contributed by atoms with Crippen LogP contribution >= 0.6 is 0 Å². The average molecular weight is 177 g/mol. The Labute approximate surface area is 79.8 Å². The molecule has 0 fully saturated rings. The van der Waals surface area contributed by atoms with Crippen LogP contribution in [0.4, 0.5) is 0 Å². The molecule has 0 amide bonds. The number of methoxy groups -OCH3 is 1. The molecule has 0 atom stereocenters. The largest absolute Gasteiger partial charge is 0.496 e. The molecule has 0 heterocycles. The van der Waals surface area contributed by atoms with Crippen molar-refractivity contribution < 1.29 is 4.74 Å². The molecule has 0 aliphatic rings. The monoisotopic (exact) mass is 177 g/mol. The van der Waals surface area contributed by atoms with Crippen molar-refractivity contribution >= 4 is 0 Å². The average Bonchev–Trinajstić information content (AvgIpc) is 2.22. The molecule has 0 saturated carbocycles. The van der Waals surface area contributed by atoms with Gasteiger partial charge in [-0.25, -0.2) is 0 Å². The molecule has 0 bridgehead atoms. The van der Waals surface area contributed by atoms with Crippen LogP contribution in [-0.2, 0) is 0 Å². The van der Waals surface area contributed by atoms with Crippen LogP contribution in [0.15, 0.2) is 18.2 Å². The number of ether oxygens (including phenoxy) is 1. The van der Waals surface area contributed by atoms with Gasteiger partial charge in [0.05, 0.1) is 18.7 Å². The zero-order valence-corrected chi connectivity index (χ0v) is 8.59. The van der Waals surface area contributed by atoms with E-state index in [1.807, 2.05) is 32.9 Å². The van der Waals surface area contributed by atoms with E-state index in [1.54, 1.807) is 19.2 Å². The summed E-state index contributed by atoms with van der Waals surface area (Å²) in [6.45, 7) is 5.94. The number of nitrogens with zero attached hydrogens (tertiary/aromatic N) is 1. The molecule has 70 valence electrons. The van der Waals surface area contributed by atoms with Gasteiger partial charge in [-0.15, -0.1) is 0 Å². The zero-order chi connectivity index (χ0) is 10.3. The lowest BCUT2D eigenvalue weighted by molar-refractivity contribution is 0.411. The first-order valence-electron chi connectivity index (χ1n) is 4.32. The normalized spacial score (nSPS) is 7.92. The highest BCUT2D eigenvalue weighted by Crippen LogP contribution is 2.17. The van der Waals surface area contributed by atoms with Crippen molar-refractivity contribution in [2.24, 2.45) is 0 Å². The van der Waals surface area contributed by atoms with E-state index in [2.05, 4.69) is 0 Å². The molecular formula is C11H15NO. The van der Waals surface area contributed by atoms with E-state index in [-0.39, 0.29) is 0 Å². The second-order valence-corrected chi connectivity index (χ2v) is 2.30. The van der Waals surface area contributed by atoms with E-state index < -0.39 is 0 Å². The molecule has 1 rings (SSSR count). The standard InChI is InChI=1S/C9H9NO.C2H6/c1-7-3-4-8(6-10)5-9(7)11-2;1-2/h3-5H,1-2H3;1-2H3. The highest BCUT2D eigenvalue weighted by atomic mass is 16.5. The minimum absolute atomic E-state index is 0.632. The second-order valence-electron chi connectivity index (χ2n) is 2.30. The number of rotatable bonds is 1. The van der Waals surface area contributed by atoms with Gasteiger partial charge in [-0.2, -0.15) is 5.26 Å². The van der Waals surface area contributed by atoms with E-state index in [0.717, 1.165) is 11.3 Å². The Balaban J connectivity index is 0.000000671. The fourth-order valence-electron chi connectivity index (χ4n) is 0.890. The Morgan fingerprint density at radius 1 is 1.31 bits per heavy atom. The van der Waals surface area contributed by atoms with Crippen molar-refractivity contribution in [3.8, 4) is 11.8 Å². The van der Waals surface area contributed by atoms with Crippen LogP contribution < -0.4 is 4.74 Å². The van der Waals surface area contributed by atoms with E-state index in [1.165, 1.54) is 0 Å². The van der Waals surface area contributed by atoms with E-state index in [4.69, 9.17) is 10.00 Å². The Kier molecular flexibility index (Phi) is 5.38. The van der Waals surface area contributed by atoms with Crippen molar-refractivity contribution in [1.29, 1.82) is 5.26 Å². The fourth-order valence-corrected chi connectivity index (χ4v) is 0.890. The van der Waals surface area contributed by atoms with Crippen LogP contribution in [0.3, 0.4) is 0 Å². The van der Waals surface area contributed by atoms with Gasteiger partial charge in [0, 0.05) is 0 Å². The lowest BCUT2D eigenvalue weighted by Gasteiger charge is -2.02. The lowest BCUT2D eigenvalue weighted by atomic mass is 10.1. The summed E-state index contributed by atoms with van der Waals surface area (Å²) >= 11 is 0. The van der Waals surface area contributed by atoms with Crippen LogP contribution in [0.2, 0.25) is 0 Å². The number of aryl methyl sites for hydroxylation is 1. The molecule has 13 heavy (non-hydrogen) atoms. The van der Waals surface area contributed by atoms with Crippen LogP contribution in [-0.4, -0.2) is 7.11 Å². The Morgan fingerprint density at radius 2 is 1.92 bits per heavy atom. The van der Waals surface area contributed by atoms with Crippen LogP contribution in [0.5, 0.6) is 5.75 Å². The van der Waals surface area contributed by atoms with Crippen molar-refractivity contribution in [3.05, 3.63) is 29.3 Å². The molecule has 2 heteroatoms. The van der Waals surface area contributed by atoms with Crippen LogP contribution in [0.1, 0.15) is 25.0 Å². The van der Waals surface area contributed by atoms with E-state index in [9.17, 15) is 0 Å². The highest BCUT2D eigenvalue weighted by Gasteiger charge is 1.97. The van der Waals surface area contributed by atoms with Gasteiger partial charge in [-0.3, -0.25) is 0 Å². The number of nitriles is 1. The molecule has 0 spiro atoms. The fraction of sp³-hybridized carbons (Fsp3) is 0.364. The van der Waals surface area contributed by atoms with Crippen LogP contribution in [0.25, 0.3) is 0 Å². The SMILES string of the molecule is CC.COc1cc(C#N)ccc1C. The van der Waals surface area contributed by atoms with Crippen molar-refractivity contribution in [1.82, 2.24) is 0 Å². The summed E-state index contributed by atoms with van der Waals surface area (Å²) in [7, 11) is 1.60. The van der Waals surface area contributed by atoms with Gasteiger partial charge in [-0.05, 0) is 24.6 Å². The van der Waals surface area contributed by atoms with E-state index >= 15 is 0 Å². The molecule has 0 aliphatic heterocycles. The maximum Gasteiger partial charge on any atom is 0.123 e. The van der Waals surface area contributed by atoms with Gasteiger partial charge in [0.2, 0.25) is 0 Å². The topological polar surface area (TPSA) is 33.0 Å². The first-order chi connectivity index (χ1) is 6.27.